The molecular formula is C17H27FN4O2. The van der Waals surface area contributed by atoms with Crippen LogP contribution in [0.4, 0.5) is 4.39 Å². The van der Waals surface area contributed by atoms with Gasteiger partial charge >= 0.3 is 0 Å². The van der Waals surface area contributed by atoms with E-state index in [1.807, 2.05) is 13.8 Å². The molecule has 0 aromatic heterocycles. The van der Waals surface area contributed by atoms with E-state index in [4.69, 9.17) is 4.74 Å². The third kappa shape index (κ3) is 7.30. The second kappa shape index (κ2) is 10.5. The number of halogens is 1. The molecule has 1 aromatic rings. The Morgan fingerprint density at radius 2 is 2.08 bits per heavy atom. The number of nitrogens with zero attached hydrogens (tertiary/aromatic N) is 2. The minimum Gasteiger partial charge on any atom is -0.489 e. The van der Waals surface area contributed by atoms with E-state index in [9.17, 15) is 9.18 Å². The van der Waals surface area contributed by atoms with Crippen molar-refractivity contribution in [3.63, 3.8) is 0 Å². The maximum absolute atomic E-state index is 13.2. The molecule has 1 aromatic carbocycles. The van der Waals surface area contributed by atoms with Crippen LogP contribution in [0.3, 0.4) is 0 Å². The van der Waals surface area contributed by atoms with E-state index in [2.05, 4.69) is 15.6 Å². The Hall–Kier alpha value is -2.31. The fraction of sp³-hybridized carbons (Fsp3) is 0.529. The summed E-state index contributed by atoms with van der Waals surface area (Å²) in [6.07, 6.45) is 0.611. The molecule has 2 N–H and O–H groups in total. The van der Waals surface area contributed by atoms with Crippen LogP contribution < -0.4 is 15.4 Å². The van der Waals surface area contributed by atoms with Gasteiger partial charge in [-0.1, -0.05) is 13.0 Å². The van der Waals surface area contributed by atoms with Crippen molar-refractivity contribution in [2.45, 2.75) is 26.4 Å². The lowest BCUT2D eigenvalue weighted by Crippen LogP contribution is -2.43. The Labute approximate surface area is 143 Å². The van der Waals surface area contributed by atoms with E-state index in [1.54, 1.807) is 26.2 Å². The van der Waals surface area contributed by atoms with Crippen LogP contribution in [0.25, 0.3) is 0 Å². The van der Waals surface area contributed by atoms with Crippen molar-refractivity contribution < 1.29 is 13.9 Å². The fourth-order valence-electron chi connectivity index (χ4n) is 1.84. The number of hydrogen-bond acceptors (Lipinski definition) is 3. The van der Waals surface area contributed by atoms with Crippen molar-refractivity contribution in [2.24, 2.45) is 4.99 Å². The zero-order valence-electron chi connectivity index (χ0n) is 14.8. The molecule has 134 valence electrons. The summed E-state index contributed by atoms with van der Waals surface area (Å²) < 4.78 is 19.0. The third-order valence-corrected chi connectivity index (χ3v) is 3.27. The molecule has 0 heterocycles. The zero-order valence-corrected chi connectivity index (χ0v) is 14.8. The van der Waals surface area contributed by atoms with E-state index in [-0.39, 0.29) is 24.4 Å². The molecule has 0 bridgehead atoms. The molecule has 1 rings (SSSR count). The van der Waals surface area contributed by atoms with Gasteiger partial charge in [-0.05, 0) is 25.5 Å². The summed E-state index contributed by atoms with van der Waals surface area (Å²) in [5.41, 5.74) is 0. The summed E-state index contributed by atoms with van der Waals surface area (Å²) in [5, 5.41) is 6.23. The van der Waals surface area contributed by atoms with Crippen molar-refractivity contribution in [1.29, 1.82) is 0 Å². The molecule has 0 radical (unpaired) electrons. The Morgan fingerprint density at radius 1 is 1.33 bits per heavy atom. The molecule has 0 fully saturated rings. The van der Waals surface area contributed by atoms with Crippen LogP contribution in [0.1, 0.15) is 20.3 Å². The molecule has 0 aliphatic heterocycles. The second-order valence-corrected chi connectivity index (χ2v) is 5.47. The van der Waals surface area contributed by atoms with E-state index >= 15 is 0 Å². The summed E-state index contributed by atoms with van der Waals surface area (Å²) in [6.45, 7) is 5.19. The minimum absolute atomic E-state index is 0.0733. The van der Waals surface area contributed by atoms with E-state index in [0.717, 1.165) is 6.42 Å². The SMILES string of the molecule is CCNC(=NCC(=O)N(C)C)NCC(CC)Oc1cccc(F)c1. The molecule has 0 saturated carbocycles. The maximum atomic E-state index is 13.2. The number of likely N-dealkylation sites (N-methyl/N-ethyl adjacent to an activating group) is 1. The van der Waals surface area contributed by atoms with Crippen molar-refractivity contribution in [2.75, 3.05) is 33.7 Å². The summed E-state index contributed by atoms with van der Waals surface area (Å²) in [4.78, 5) is 17.4. The minimum atomic E-state index is -0.326. The molecule has 1 atom stereocenters. The van der Waals surface area contributed by atoms with Crippen molar-refractivity contribution >= 4 is 11.9 Å². The van der Waals surface area contributed by atoms with Crippen molar-refractivity contribution in [1.82, 2.24) is 15.5 Å². The van der Waals surface area contributed by atoms with Crippen LogP contribution in [-0.4, -0.2) is 56.6 Å². The molecule has 24 heavy (non-hydrogen) atoms. The maximum Gasteiger partial charge on any atom is 0.243 e. The average molecular weight is 338 g/mol. The Bertz CT molecular complexity index is 549. The van der Waals surface area contributed by atoms with Gasteiger partial charge in [0.1, 0.15) is 24.2 Å². The smallest absolute Gasteiger partial charge is 0.243 e. The molecule has 0 aliphatic rings. The first-order valence-corrected chi connectivity index (χ1v) is 8.10. The summed E-state index contributed by atoms with van der Waals surface area (Å²) in [6, 6.07) is 6.07. The van der Waals surface area contributed by atoms with Gasteiger partial charge in [-0.3, -0.25) is 4.79 Å². The quantitative estimate of drug-likeness (QED) is 0.558. The third-order valence-electron chi connectivity index (χ3n) is 3.27. The topological polar surface area (TPSA) is 66.0 Å². The van der Waals surface area contributed by atoms with Gasteiger partial charge in [-0.15, -0.1) is 0 Å². The lowest BCUT2D eigenvalue weighted by molar-refractivity contribution is -0.127. The highest BCUT2D eigenvalue weighted by Crippen LogP contribution is 2.14. The fourth-order valence-corrected chi connectivity index (χ4v) is 1.84. The van der Waals surface area contributed by atoms with Crippen molar-refractivity contribution in [3.8, 4) is 5.75 Å². The Kier molecular flexibility index (Phi) is 8.60. The molecule has 1 unspecified atom stereocenters. The molecule has 7 heteroatoms. The number of carbonyl (C=O) groups is 1. The van der Waals surface area contributed by atoms with Gasteiger partial charge in [-0.2, -0.15) is 0 Å². The van der Waals surface area contributed by atoms with Gasteiger partial charge in [0.15, 0.2) is 5.96 Å². The molecule has 6 nitrogen and oxygen atoms in total. The highest BCUT2D eigenvalue weighted by atomic mass is 19.1. The number of hydrogen-bond donors (Lipinski definition) is 2. The van der Waals surface area contributed by atoms with Crippen LogP contribution in [-0.2, 0) is 4.79 Å². The lowest BCUT2D eigenvalue weighted by Gasteiger charge is -2.20. The monoisotopic (exact) mass is 338 g/mol. The van der Waals surface area contributed by atoms with Crippen LogP contribution in [0.2, 0.25) is 0 Å². The van der Waals surface area contributed by atoms with Gasteiger partial charge in [0.2, 0.25) is 5.91 Å². The summed E-state index contributed by atoms with van der Waals surface area (Å²) >= 11 is 0. The Balaban J connectivity index is 2.59. The van der Waals surface area contributed by atoms with Crippen LogP contribution in [0.15, 0.2) is 29.3 Å². The van der Waals surface area contributed by atoms with Crippen LogP contribution in [0.5, 0.6) is 5.75 Å². The van der Waals surface area contributed by atoms with Crippen LogP contribution in [0, 0.1) is 5.82 Å². The summed E-state index contributed by atoms with van der Waals surface area (Å²) in [5.74, 6) is 0.644. The number of benzene rings is 1. The number of carbonyl (C=O) groups excluding carboxylic acids is 1. The molecule has 0 spiro atoms. The predicted molar refractivity (Wildman–Crippen MR) is 93.8 cm³/mol. The Morgan fingerprint density at radius 3 is 2.67 bits per heavy atom. The first-order valence-electron chi connectivity index (χ1n) is 8.10. The van der Waals surface area contributed by atoms with Crippen LogP contribution >= 0.6 is 0 Å². The molecule has 0 saturated heterocycles. The van der Waals surface area contributed by atoms with Crippen molar-refractivity contribution in [3.05, 3.63) is 30.1 Å². The highest BCUT2D eigenvalue weighted by Gasteiger charge is 2.10. The zero-order chi connectivity index (χ0) is 17.9. The van der Waals surface area contributed by atoms with E-state index < -0.39 is 0 Å². The van der Waals surface area contributed by atoms with E-state index in [0.29, 0.717) is 24.8 Å². The number of guanidine groups is 1. The van der Waals surface area contributed by atoms with E-state index in [1.165, 1.54) is 17.0 Å². The first-order chi connectivity index (χ1) is 11.5. The standard InChI is InChI=1S/C17H27FN4O2/c1-5-14(24-15-9-7-8-13(18)10-15)11-20-17(19-6-2)21-12-16(23)22(3)4/h7-10,14H,5-6,11-12H2,1-4H3,(H2,19,20,21). The average Bonchev–Trinajstić information content (AvgIpc) is 2.55. The normalized spacial score (nSPS) is 12.5. The van der Waals surface area contributed by atoms with Gasteiger partial charge in [0.25, 0.3) is 0 Å². The highest BCUT2D eigenvalue weighted by molar-refractivity contribution is 5.84. The molecular weight excluding hydrogens is 311 g/mol. The summed E-state index contributed by atoms with van der Waals surface area (Å²) in [7, 11) is 3.39. The largest absolute Gasteiger partial charge is 0.489 e. The molecule has 1 amide bonds. The number of amides is 1. The first kappa shape index (κ1) is 19.7. The number of aliphatic imine (C=N–C) groups is 1. The number of ether oxygens (including phenoxy) is 1. The van der Waals surface area contributed by atoms with Gasteiger partial charge in [-0.25, -0.2) is 9.38 Å². The second-order valence-electron chi connectivity index (χ2n) is 5.47. The van der Waals surface area contributed by atoms with Gasteiger partial charge in [0, 0.05) is 26.7 Å². The lowest BCUT2D eigenvalue weighted by atomic mass is 10.2. The van der Waals surface area contributed by atoms with Gasteiger partial charge < -0.3 is 20.3 Å². The molecule has 0 aliphatic carbocycles. The predicted octanol–water partition coefficient (Wildman–Crippen LogP) is 1.63. The van der Waals surface area contributed by atoms with Gasteiger partial charge in [0.05, 0.1) is 6.54 Å². The number of rotatable bonds is 8. The number of nitrogens with one attached hydrogen (secondary N) is 2.